The Hall–Kier alpha value is -0.980. The first-order valence-electron chi connectivity index (χ1n) is 7.91. The van der Waals surface area contributed by atoms with Crippen LogP contribution in [0.1, 0.15) is 67.3 Å². The second-order valence-electron chi connectivity index (χ2n) is 5.54. The summed E-state index contributed by atoms with van der Waals surface area (Å²) < 4.78 is 1.24. The Bertz CT molecular complexity index is 474. The molecule has 0 aromatic heterocycles. The number of hydrogen-bond donors (Lipinski definition) is 3. The molecule has 0 aliphatic carbocycles. The van der Waals surface area contributed by atoms with Gasteiger partial charge in [-0.25, -0.2) is 4.79 Å². The van der Waals surface area contributed by atoms with E-state index in [4.69, 9.17) is 5.11 Å². The fourth-order valence-electron chi connectivity index (χ4n) is 2.54. The molecule has 1 aromatic rings. The number of carboxylic acid groups (broad SMARTS) is 1. The number of benzene rings is 1. The van der Waals surface area contributed by atoms with Crippen LogP contribution in [0.3, 0.4) is 0 Å². The smallest absolute Gasteiger partial charge is 0.339 e. The number of rotatable bonds is 11. The molecule has 0 bridgehead atoms. The van der Waals surface area contributed by atoms with Crippen molar-refractivity contribution in [2.75, 3.05) is 4.43 Å². The molecule has 0 saturated heterocycles. The summed E-state index contributed by atoms with van der Waals surface area (Å²) in [5.41, 5.74) is 0.420. The molecule has 4 nitrogen and oxygen atoms in total. The molecular formula is C17H25IO4. The Kier molecular flexibility index (Phi) is 9.27. The highest BCUT2D eigenvalue weighted by molar-refractivity contribution is 14.1. The maximum absolute atomic E-state index is 11.2. The zero-order valence-electron chi connectivity index (χ0n) is 12.9. The molecule has 0 aliphatic heterocycles. The van der Waals surface area contributed by atoms with Gasteiger partial charge in [-0.05, 0) is 35.3 Å². The quantitative estimate of drug-likeness (QED) is 0.206. The van der Waals surface area contributed by atoms with Gasteiger partial charge in [0.05, 0.1) is 0 Å². The Morgan fingerprint density at radius 1 is 0.909 bits per heavy atom. The zero-order valence-corrected chi connectivity index (χ0v) is 15.0. The van der Waals surface area contributed by atoms with E-state index in [1.54, 1.807) is 6.07 Å². The third-order valence-corrected chi connectivity index (χ3v) is 4.55. The number of hydrogen-bond acceptors (Lipinski definition) is 3. The largest absolute Gasteiger partial charge is 0.504 e. The van der Waals surface area contributed by atoms with Crippen LogP contribution in [0.4, 0.5) is 0 Å². The fraction of sp³-hybridized carbons (Fsp3) is 0.588. The monoisotopic (exact) mass is 420 g/mol. The number of carbonyl (C=O) groups is 1. The summed E-state index contributed by atoms with van der Waals surface area (Å²) in [5, 5.41) is 28.2. The molecule has 5 heteroatoms. The predicted molar refractivity (Wildman–Crippen MR) is 96.3 cm³/mol. The van der Waals surface area contributed by atoms with Gasteiger partial charge in [0, 0.05) is 0 Å². The summed E-state index contributed by atoms with van der Waals surface area (Å²) in [6.07, 6.45) is 10.2. The first-order chi connectivity index (χ1) is 10.6. The van der Waals surface area contributed by atoms with E-state index in [0.29, 0.717) is 12.0 Å². The highest BCUT2D eigenvalue weighted by Gasteiger charge is 2.18. The van der Waals surface area contributed by atoms with Gasteiger partial charge in [0.25, 0.3) is 0 Å². The number of unbranched alkanes of at least 4 members (excludes halogenated alkanes) is 7. The van der Waals surface area contributed by atoms with Crippen molar-refractivity contribution < 1.29 is 20.1 Å². The molecule has 0 atom stereocenters. The normalized spacial score (nSPS) is 10.8. The SMILES string of the molecule is O=C(O)c1c(CCCCCCCCCCI)ccc(O)c1O. The van der Waals surface area contributed by atoms with Crippen molar-refractivity contribution in [3.05, 3.63) is 23.3 Å². The number of carboxylic acids is 1. The number of aromatic carboxylic acids is 1. The van der Waals surface area contributed by atoms with Gasteiger partial charge in [0.2, 0.25) is 0 Å². The summed E-state index contributed by atoms with van der Waals surface area (Å²) in [6.45, 7) is 0. The molecule has 0 unspecified atom stereocenters. The Labute approximate surface area is 145 Å². The van der Waals surface area contributed by atoms with E-state index in [-0.39, 0.29) is 11.3 Å². The highest BCUT2D eigenvalue weighted by atomic mass is 127. The van der Waals surface area contributed by atoms with E-state index in [1.165, 1.54) is 42.6 Å². The standard InChI is InChI=1S/C17H25IO4/c18-12-8-6-4-2-1-3-5-7-9-13-10-11-14(19)16(20)15(13)17(21)22/h10-11,19-20H,1-9,12H2,(H,21,22). The van der Waals surface area contributed by atoms with Crippen molar-refractivity contribution in [1.29, 1.82) is 0 Å². The minimum atomic E-state index is -1.20. The first-order valence-corrected chi connectivity index (χ1v) is 9.43. The van der Waals surface area contributed by atoms with E-state index < -0.39 is 11.7 Å². The molecule has 0 spiro atoms. The van der Waals surface area contributed by atoms with Gasteiger partial charge in [-0.3, -0.25) is 0 Å². The number of alkyl halides is 1. The first kappa shape index (κ1) is 19.1. The third-order valence-electron chi connectivity index (χ3n) is 3.79. The summed E-state index contributed by atoms with van der Waals surface area (Å²) in [4.78, 5) is 11.2. The molecule has 0 aliphatic rings. The maximum Gasteiger partial charge on any atom is 0.339 e. The van der Waals surface area contributed by atoms with Crippen LogP contribution in [0, 0.1) is 0 Å². The van der Waals surface area contributed by atoms with E-state index in [2.05, 4.69) is 22.6 Å². The molecule has 1 aromatic carbocycles. The lowest BCUT2D eigenvalue weighted by molar-refractivity contribution is 0.0691. The zero-order chi connectivity index (χ0) is 16.4. The van der Waals surface area contributed by atoms with Gasteiger partial charge in [-0.2, -0.15) is 0 Å². The van der Waals surface area contributed by atoms with Crippen LogP contribution in [0.2, 0.25) is 0 Å². The Morgan fingerprint density at radius 2 is 1.45 bits per heavy atom. The van der Waals surface area contributed by atoms with Crippen molar-refractivity contribution >= 4 is 28.6 Å². The van der Waals surface area contributed by atoms with Crippen LogP contribution in [0.5, 0.6) is 11.5 Å². The molecule has 0 heterocycles. The lowest BCUT2D eigenvalue weighted by atomic mass is 9.99. The van der Waals surface area contributed by atoms with Crippen LogP contribution < -0.4 is 0 Å². The van der Waals surface area contributed by atoms with Gasteiger partial charge < -0.3 is 15.3 Å². The second-order valence-corrected chi connectivity index (χ2v) is 6.62. The van der Waals surface area contributed by atoms with Crippen LogP contribution in [0.15, 0.2) is 12.1 Å². The molecular weight excluding hydrogens is 395 g/mol. The third kappa shape index (κ3) is 6.42. The van der Waals surface area contributed by atoms with Gasteiger partial charge in [-0.1, -0.05) is 67.2 Å². The van der Waals surface area contributed by atoms with Gasteiger partial charge in [0.1, 0.15) is 5.56 Å². The molecule has 1 rings (SSSR count). The van der Waals surface area contributed by atoms with Crippen molar-refractivity contribution in [2.24, 2.45) is 0 Å². The van der Waals surface area contributed by atoms with E-state index in [0.717, 1.165) is 19.3 Å². The van der Waals surface area contributed by atoms with Gasteiger partial charge >= 0.3 is 5.97 Å². The van der Waals surface area contributed by atoms with Crippen LogP contribution in [-0.4, -0.2) is 25.7 Å². The molecule has 0 saturated carbocycles. The van der Waals surface area contributed by atoms with E-state index in [1.807, 2.05) is 0 Å². The van der Waals surface area contributed by atoms with E-state index >= 15 is 0 Å². The van der Waals surface area contributed by atoms with Crippen molar-refractivity contribution in [1.82, 2.24) is 0 Å². The van der Waals surface area contributed by atoms with Crippen LogP contribution in [-0.2, 0) is 6.42 Å². The number of phenols is 2. The molecule has 124 valence electrons. The lowest BCUT2D eigenvalue weighted by Crippen LogP contribution is -2.03. The number of aryl methyl sites for hydroxylation is 1. The Morgan fingerprint density at radius 3 is 2.00 bits per heavy atom. The average Bonchev–Trinajstić information content (AvgIpc) is 2.48. The van der Waals surface area contributed by atoms with Crippen LogP contribution >= 0.6 is 22.6 Å². The minimum absolute atomic E-state index is 0.168. The number of aromatic hydroxyl groups is 2. The fourth-order valence-corrected chi connectivity index (χ4v) is 3.08. The second kappa shape index (κ2) is 10.7. The highest BCUT2D eigenvalue weighted by Crippen LogP contribution is 2.32. The Balaban J connectivity index is 2.31. The molecule has 0 radical (unpaired) electrons. The molecule has 0 fully saturated rings. The maximum atomic E-state index is 11.2. The predicted octanol–water partition coefficient (Wildman–Crippen LogP) is 4.89. The van der Waals surface area contributed by atoms with Gasteiger partial charge in [-0.15, -0.1) is 0 Å². The lowest BCUT2D eigenvalue weighted by Gasteiger charge is -2.09. The summed E-state index contributed by atoms with van der Waals surface area (Å²) in [6, 6.07) is 2.94. The van der Waals surface area contributed by atoms with Crippen molar-refractivity contribution in [3.8, 4) is 11.5 Å². The topological polar surface area (TPSA) is 77.8 Å². The molecule has 3 N–H and O–H groups in total. The summed E-state index contributed by atoms with van der Waals surface area (Å²) >= 11 is 2.41. The van der Waals surface area contributed by atoms with Crippen molar-refractivity contribution in [3.63, 3.8) is 0 Å². The number of halogens is 1. The minimum Gasteiger partial charge on any atom is -0.504 e. The number of phenolic OH excluding ortho intramolecular Hbond substituents is 1. The average molecular weight is 420 g/mol. The molecule has 0 amide bonds. The van der Waals surface area contributed by atoms with Gasteiger partial charge in [0.15, 0.2) is 11.5 Å². The summed E-state index contributed by atoms with van der Waals surface area (Å²) in [5.74, 6) is -2.11. The van der Waals surface area contributed by atoms with Crippen LogP contribution in [0.25, 0.3) is 0 Å². The van der Waals surface area contributed by atoms with Crippen molar-refractivity contribution in [2.45, 2.75) is 57.8 Å². The van der Waals surface area contributed by atoms with E-state index in [9.17, 15) is 15.0 Å². The summed E-state index contributed by atoms with van der Waals surface area (Å²) in [7, 11) is 0. The molecule has 22 heavy (non-hydrogen) atoms.